The Bertz CT molecular complexity index is 1240. The molecule has 0 spiro atoms. The lowest BCUT2D eigenvalue weighted by atomic mass is 10.2. The van der Waals surface area contributed by atoms with Gasteiger partial charge in [0.1, 0.15) is 12.3 Å². The summed E-state index contributed by atoms with van der Waals surface area (Å²) in [5.41, 5.74) is 0.854. The summed E-state index contributed by atoms with van der Waals surface area (Å²) in [4.78, 5) is 17.9. The highest BCUT2D eigenvalue weighted by atomic mass is 32.1. The molecule has 0 atom stereocenters. The molecule has 4 aromatic rings. The number of nitrogens with zero attached hydrogens (tertiary/aromatic N) is 4. The summed E-state index contributed by atoms with van der Waals surface area (Å²) < 4.78 is 12.9. The highest BCUT2D eigenvalue weighted by molar-refractivity contribution is 7.71. The lowest BCUT2D eigenvalue weighted by molar-refractivity contribution is -0.121. The molecule has 0 bridgehead atoms. The number of nitrogens with one attached hydrogen (secondary N) is 2. The molecule has 34 heavy (non-hydrogen) atoms. The van der Waals surface area contributed by atoms with Gasteiger partial charge in [-0.3, -0.25) is 14.5 Å². The van der Waals surface area contributed by atoms with Gasteiger partial charge >= 0.3 is 0 Å². The zero-order valence-corrected chi connectivity index (χ0v) is 20.5. The van der Waals surface area contributed by atoms with E-state index in [9.17, 15) is 4.79 Å². The molecular weight excluding hydrogens is 472 g/mol. The van der Waals surface area contributed by atoms with Crippen molar-refractivity contribution in [3.63, 3.8) is 0 Å². The average molecular weight is 499 g/mol. The summed E-state index contributed by atoms with van der Waals surface area (Å²) in [6.07, 6.45) is 3.44. The molecule has 0 aliphatic carbocycles. The van der Waals surface area contributed by atoms with Crippen molar-refractivity contribution in [2.75, 3.05) is 13.2 Å². The number of aromatic nitrogens is 5. The van der Waals surface area contributed by atoms with Gasteiger partial charge in [-0.05, 0) is 67.7 Å². The molecule has 11 heteroatoms. The second kappa shape index (κ2) is 11.7. The first-order valence-electron chi connectivity index (χ1n) is 11.2. The van der Waals surface area contributed by atoms with Crippen LogP contribution < -0.4 is 10.1 Å². The first-order valence-corrected chi connectivity index (χ1v) is 12.4. The number of benzene rings is 1. The van der Waals surface area contributed by atoms with Gasteiger partial charge in [0, 0.05) is 18.5 Å². The van der Waals surface area contributed by atoms with Crippen LogP contribution in [-0.2, 0) is 17.8 Å². The van der Waals surface area contributed by atoms with Crippen LogP contribution in [0.3, 0.4) is 0 Å². The second-order valence-corrected chi connectivity index (χ2v) is 8.88. The Morgan fingerprint density at radius 1 is 1.24 bits per heavy atom. The molecule has 1 aromatic carbocycles. The third kappa shape index (κ3) is 6.17. The zero-order chi connectivity index (χ0) is 23.8. The number of hydrogen-bond acceptors (Lipinski definition) is 8. The molecule has 0 aliphatic heterocycles. The number of H-pyrrole nitrogens is 1. The van der Waals surface area contributed by atoms with Gasteiger partial charge in [-0.25, -0.2) is 0 Å². The van der Waals surface area contributed by atoms with Crippen LogP contribution in [0.25, 0.3) is 22.1 Å². The molecule has 9 nitrogen and oxygen atoms in total. The Kier molecular flexibility index (Phi) is 8.21. The van der Waals surface area contributed by atoms with E-state index in [0.29, 0.717) is 35.5 Å². The Labute approximate surface area is 206 Å². The topological polar surface area (TPSA) is 111 Å². The van der Waals surface area contributed by atoms with Gasteiger partial charge in [0.05, 0.1) is 11.5 Å². The summed E-state index contributed by atoms with van der Waals surface area (Å²) in [5.74, 6) is 2.57. The van der Waals surface area contributed by atoms with Gasteiger partial charge in [0.2, 0.25) is 17.6 Å². The van der Waals surface area contributed by atoms with Gasteiger partial charge in [-0.2, -0.15) is 10.1 Å². The molecule has 0 radical (unpaired) electrons. The summed E-state index contributed by atoms with van der Waals surface area (Å²) >= 11 is 6.91. The summed E-state index contributed by atoms with van der Waals surface area (Å²) in [7, 11) is 0. The normalized spacial score (nSPS) is 11.0. The SMILES string of the molecule is CCOc1ccc(-c2n[nH]c(=S)n2CC(=O)NCCCCCc2nc(-c3cccs3)no2)cc1. The minimum Gasteiger partial charge on any atom is -0.494 e. The number of amides is 1. The summed E-state index contributed by atoms with van der Waals surface area (Å²) in [6.45, 7) is 3.23. The molecule has 0 saturated heterocycles. The van der Waals surface area contributed by atoms with Crippen LogP contribution in [0.5, 0.6) is 5.75 Å². The van der Waals surface area contributed by atoms with E-state index in [1.807, 2.05) is 48.7 Å². The van der Waals surface area contributed by atoms with Crippen molar-refractivity contribution in [3.05, 3.63) is 52.4 Å². The minimum absolute atomic E-state index is 0.103. The standard InChI is InChI=1S/C23H26N6O3S2/c1-2-31-17-11-9-16(10-12-17)22-26-27-23(33)29(22)15-19(30)24-13-5-3-4-8-20-25-21(28-32-20)18-7-6-14-34-18/h6-7,9-12,14H,2-5,8,13,15H2,1H3,(H,24,30)(H,27,33). The van der Waals surface area contributed by atoms with Crippen molar-refractivity contribution in [1.29, 1.82) is 0 Å². The largest absolute Gasteiger partial charge is 0.494 e. The second-order valence-electron chi connectivity index (χ2n) is 7.55. The summed E-state index contributed by atoms with van der Waals surface area (Å²) in [6, 6.07) is 11.5. The number of hydrogen-bond donors (Lipinski definition) is 2. The molecule has 1 amide bonds. The fraction of sp³-hybridized carbons (Fsp3) is 0.348. The summed E-state index contributed by atoms with van der Waals surface area (Å²) in [5, 5.41) is 16.0. The van der Waals surface area contributed by atoms with Crippen LogP contribution in [0.15, 0.2) is 46.3 Å². The van der Waals surface area contributed by atoms with Crippen LogP contribution in [0.1, 0.15) is 32.1 Å². The lowest BCUT2D eigenvalue weighted by Gasteiger charge is -2.09. The van der Waals surface area contributed by atoms with Crippen molar-refractivity contribution >= 4 is 29.5 Å². The van der Waals surface area contributed by atoms with Crippen LogP contribution in [0.4, 0.5) is 0 Å². The fourth-order valence-electron chi connectivity index (χ4n) is 3.42. The van der Waals surface area contributed by atoms with E-state index in [1.54, 1.807) is 15.9 Å². The number of thiophene rings is 1. The molecule has 0 aliphatic rings. The van der Waals surface area contributed by atoms with E-state index >= 15 is 0 Å². The van der Waals surface area contributed by atoms with Gasteiger partial charge < -0.3 is 14.6 Å². The quantitative estimate of drug-likeness (QED) is 0.216. The van der Waals surface area contributed by atoms with Crippen molar-refractivity contribution in [3.8, 4) is 27.8 Å². The highest BCUT2D eigenvalue weighted by Gasteiger charge is 2.13. The fourth-order valence-corrected chi connectivity index (χ4v) is 4.27. The van der Waals surface area contributed by atoms with Gasteiger partial charge in [0.15, 0.2) is 10.6 Å². The van der Waals surface area contributed by atoms with Crippen LogP contribution in [0, 0.1) is 4.77 Å². The number of aryl methyl sites for hydroxylation is 1. The van der Waals surface area contributed by atoms with Crippen molar-refractivity contribution < 1.29 is 14.1 Å². The Balaban J connectivity index is 1.20. The predicted octanol–water partition coefficient (Wildman–Crippen LogP) is 4.65. The predicted molar refractivity (Wildman–Crippen MR) is 132 cm³/mol. The van der Waals surface area contributed by atoms with Gasteiger partial charge in [0.25, 0.3) is 0 Å². The van der Waals surface area contributed by atoms with E-state index in [4.69, 9.17) is 21.5 Å². The molecule has 0 fully saturated rings. The minimum atomic E-state index is -0.109. The highest BCUT2D eigenvalue weighted by Crippen LogP contribution is 2.22. The molecule has 3 aromatic heterocycles. The van der Waals surface area contributed by atoms with Crippen molar-refractivity contribution in [2.24, 2.45) is 0 Å². The van der Waals surface area contributed by atoms with E-state index in [0.717, 1.165) is 41.9 Å². The lowest BCUT2D eigenvalue weighted by Crippen LogP contribution is -2.28. The average Bonchev–Trinajstić information content (AvgIpc) is 3.59. The maximum Gasteiger partial charge on any atom is 0.240 e. The molecule has 4 rings (SSSR count). The molecular formula is C23H26N6O3S2. The maximum absolute atomic E-state index is 12.5. The van der Waals surface area contributed by atoms with Crippen molar-refractivity contribution in [1.82, 2.24) is 30.2 Å². The Morgan fingerprint density at radius 2 is 2.09 bits per heavy atom. The van der Waals surface area contributed by atoms with Gasteiger partial charge in [-0.15, -0.1) is 11.3 Å². The zero-order valence-electron chi connectivity index (χ0n) is 18.8. The Hall–Kier alpha value is -3.31. The molecule has 178 valence electrons. The molecule has 3 heterocycles. The van der Waals surface area contributed by atoms with Crippen molar-refractivity contribution in [2.45, 2.75) is 39.2 Å². The monoisotopic (exact) mass is 498 g/mol. The first-order chi connectivity index (χ1) is 16.6. The Morgan fingerprint density at radius 3 is 2.85 bits per heavy atom. The van der Waals surface area contributed by atoms with Crippen LogP contribution in [0.2, 0.25) is 0 Å². The molecule has 0 saturated carbocycles. The number of carbonyl (C=O) groups is 1. The molecule has 2 N–H and O–H groups in total. The van der Waals surface area contributed by atoms with E-state index in [1.165, 1.54) is 0 Å². The number of ether oxygens (including phenoxy) is 1. The van der Waals surface area contributed by atoms with Crippen LogP contribution in [-0.4, -0.2) is 44.0 Å². The molecule has 0 unspecified atom stereocenters. The smallest absolute Gasteiger partial charge is 0.240 e. The third-order valence-electron chi connectivity index (χ3n) is 5.08. The van der Waals surface area contributed by atoms with Gasteiger partial charge in [-0.1, -0.05) is 17.6 Å². The van der Waals surface area contributed by atoms with E-state index in [2.05, 4.69) is 25.7 Å². The number of aromatic amines is 1. The number of unbranched alkanes of at least 4 members (excludes halogenated alkanes) is 2. The maximum atomic E-state index is 12.5. The van der Waals surface area contributed by atoms with E-state index < -0.39 is 0 Å². The number of carbonyl (C=O) groups excluding carboxylic acids is 1. The third-order valence-corrected chi connectivity index (χ3v) is 6.26. The van der Waals surface area contributed by atoms with E-state index in [-0.39, 0.29) is 12.5 Å². The van der Waals surface area contributed by atoms with Crippen LogP contribution >= 0.6 is 23.6 Å². The number of rotatable bonds is 12. The first kappa shape index (κ1) is 23.8.